The van der Waals surface area contributed by atoms with Crippen molar-refractivity contribution in [2.75, 3.05) is 0 Å². The summed E-state index contributed by atoms with van der Waals surface area (Å²) in [6, 6.07) is 12.9. The minimum atomic E-state index is -4.52. The Bertz CT molecular complexity index is 1190. The van der Waals surface area contributed by atoms with Gasteiger partial charge >= 0.3 is 5.69 Å². The number of hydrogen-bond acceptors (Lipinski definition) is 4. The number of rotatable bonds is 2. The first-order valence-corrected chi connectivity index (χ1v) is 9.68. The minimum Gasteiger partial charge on any atom is -0.867 e. The third-order valence-corrected chi connectivity index (χ3v) is 5.43. The Kier molecular flexibility index (Phi) is 4.42. The number of diazo groups is 1. The minimum absolute atomic E-state index is 0.0396. The fourth-order valence-corrected chi connectivity index (χ4v) is 3.76. The molecule has 0 bridgehead atoms. The summed E-state index contributed by atoms with van der Waals surface area (Å²) in [7, 11) is -4.52. The van der Waals surface area contributed by atoms with Crippen molar-refractivity contribution in [2.24, 2.45) is 0 Å². The summed E-state index contributed by atoms with van der Waals surface area (Å²) >= 11 is 0. The van der Waals surface area contributed by atoms with Gasteiger partial charge in [0, 0.05) is 11.5 Å². The van der Waals surface area contributed by atoms with E-state index in [0.29, 0.717) is 11.1 Å². The zero-order chi connectivity index (χ0) is 20.0. The zero-order valence-electron chi connectivity index (χ0n) is 15.1. The molecule has 0 aliphatic carbocycles. The lowest BCUT2D eigenvalue weighted by Crippen LogP contribution is -2.10. The molecule has 3 rings (SSSR count). The molecule has 0 fully saturated rings. The molecule has 3 aromatic carbocycles. The molecular formula is C20H18N2O4S. The highest BCUT2D eigenvalue weighted by atomic mass is 32.2. The Morgan fingerprint density at radius 2 is 1.63 bits per heavy atom. The third kappa shape index (κ3) is 3.37. The maximum absolute atomic E-state index is 12.7. The van der Waals surface area contributed by atoms with Gasteiger partial charge in [0.25, 0.3) is 10.1 Å². The van der Waals surface area contributed by atoms with E-state index < -0.39 is 15.9 Å². The Hall–Kier alpha value is -2.95. The summed E-state index contributed by atoms with van der Waals surface area (Å²) < 4.78 is 32.9. The van der Waals surface area contributed by atoms with Gasteiger partial charge in [-0.15, -0.1) is 0 Å². The maximum Gasteiger partial charge on any atom is 0.378 e. The van der Waals surface area contributed by atoms with E-state index in [-0.39, 0.29) is 26.8 Å². The molecule has 0 saturated heterocycles. The van der Waals surface area contributed by atoms with Crippen LogP contribution in [0.5, 0.6) is 5.75 Å². The summed E-state index contributed by atoms with van der Waals surface area (Å²) in [5, 5.41) is 21.9. The smallest absolute Gasteiger partial charge is 0.378 e. The molecular weight excluding hydrogens is 364 g/mol. The lowest BCUT2D eigenvalue weighted by atomic mass is 9.86. The number of fused-ring (bicyclic) bond motifs is 1. The average Bonchev–Trinajstić information content (AvgIpc) is 2.59. The summed E-state index contributed by atoms with van der Waals surface area (Å²) in [4.78, 5) is 2.60. The second-order valence-electron chi connectivity index (χ2n) is 7.35. The van der Waals surface area contributed by atoms with Crippen molar-refractivity contribution >= 4 is 26.6 Å². The van der Waals surface area contributed by atoms with Crippen LogP contribution in [0, 0.1) is 5.39 Å². The predicted molar refractivity (Wildman–Crippen MR) is 102 cm³/mol. The van der Waals surface area contributed by atoms with Crippen molar-refractivity contribution in [3.63, 3.8) is 0 Å². The van der Waals surface area contributed by atoms with Crippen molar-refractivity contribution in [1.29, 1.82) is 5.39 Å². The second kappa shape index (κ2) is 6.34. The van der Waals surface area contributed by atoms with Crippen LogP contribution in [-0.2, 0) is 15.5 Å². The van der Waals surface area contributed by atoms with Gasteiger partial charge in [0.05, 0.1) is 0 Å². The lowest BCUT2D eigenvalue weighted by Gasteiger charge is -2.20. The molecule has 0 aromatic heterocycles. The Balaban J connectivity index is 2.36. The molecule has 7 heteroatoms. The molecule has 6 nitrogen and oxygen atoms in total. The fraction of sp³-hybridized carbons (Fsp3) is 0.200. The molecule has 27 heavy (non-hydrogen) atoms. The summed E-state index contributed by atoms with van der Waals surface area (Å²) in [5.41, 5.74) is 2.07. The van der Waals surface area contributed by atoms with Crippen molar-refractivity contribution in [1.82, 2.24) is 0 Å². The second-order valence-corrected chi connectivity index (χ2v) is 8.74. The van der Waals surface area contributed by atoms with Crippen LogP contribution in [0.1, 0.15) is 26.3 Å². The summed E-state index contributed by atoms with van der Waals surface area (Å²) in [6.45, 7) is 6.26. The predicted octanol–water partition coefficient (Wildman–Crippen LogP) is 4.61. The average molecular weight is 382 g/mol. The Morgan fingerprint density at radius 3 is 2.15 bits per heavy atom. The largest absolute Gasteiger partial charge is 0.867 e. The highest BCUT2D eigenvalue weighted by Gasteiger charge is 2.21. The van der Waals surface area contributed by atoms with Gasteiger partial charge < -0.3 is 5.11 Å². The first-order valence-electron chi connectivity index (χ1n) is 8.24. The SMILES string of the molecule is CC(C)(C)c1ccc(-c2ccc(S(=O)(=O)O)c3ccc([N+]#N)c([O-])c23)cc1. The summed E-state index contributed by atoms with van der Waals surface area (Å²) in [5.74, 6) is -0.615. The molecule has 0 unspecified atom stereocenters. The van der Waals surface area contributed by atoms with E-state index >= 15 is 0 Å². The van der Waals surface area contributed by atoms with Crippen LogP contribution in [0.25, 0.3) is 26.9 Å². The molecule has 0 amide bonds. The quantitative estimate of drug-likeness (QED) is 0.515. The maximum atomic E-state index is 12.7. The molecule has 138 valence electrons. The van der Waals surface area contributed by atoms with E-state index in [4.69, 9.17) is 5.39 Å². The highest BCUT2D eigenvalue weighted by molar-refractivity contribution is 7.86. The molecule has 0 spiro atoms. The van der Waals surface area contributed by atoms with Crippen molar-refractivity contribution in [3.8, 4) is 16.9 Å². The molecule has 0 radical (unpaired) electrons. The normalized spacial score (nSPS) is 12.1. The Labute approximate surface area is 157 Å². The van der Waals surface area contributed by atoms with Crippen LogP contribution in [0.2, 0.25) is 0 Å². The van der Waals surface area contributed by atoms with Crippen molar-refractivity contribution in [2.45, 2.75) is 31.1 Å². The Morgan fingerprint density at radius 1 is 1.00 bits per heavy atom. The van der Waals surface area contributed by atoms with Crippen LogP contribution < -0.4 is 5.11 Å². The zero-order valence-corrected chi connectivity index (χ0v) is 15.9. The van der Waals surface area contributed by atoms with Gasteiger partial charge in [-0.3, -0.25) is 4.55 Å². The van der Waals surface area contributed by atoms with Gasteiger partial charge in [0.1, 0.15) is 4.90 Å². The number of hydrogen-bond donors (Lipinski definition) is 1. The van der Waals surface area contributed by atoms with Gasteiger partial charge in [0.15, 0.2) is 4.98 Å². The van der Waals surface area contributed by atoms with Crippen LogP contribution in [-0.4, -0.2) is 13.0 Å². The van der Waals surface area contributed by atoms with Gasteiger partial charge in [0.2, 0.25) is 5.39 Å². The van der Waals surface area contributed by atoms with Gasteiger partial charge in [-0.2, -0.15) is 8.42 Å². The molecule has 0 aliphatic rings. The molecule has 1 N–H and O–H groups in total. The van der Waals surface area contributed by atoms with Crippen LogP contribution in [0.3, 0.4) is 0 Å². The van der Waals surface area contributed by atoms with Crippen molar-refractivity contribution < 1.29 is 18.1 Å². The molecule has 0 saturated carbocycles. The van der Waals surface area contributed by atoms with E-state index in [2.05, 4.69) is 25.7 Å². The van der Waals surface area contributed by atoms with E-state index in [1.54, 1.807) is 0 Å². The van der Waals surface area contributed by atoms with E-state index in [1.807, 2.05) is 24.3 Å². The number of benzene rings is 3. The molecule has 3 aromatic rings. The van der Waals surface area contributed by atoms with Gasteiger partial charge in [-0.25, -0.2) is 0 Å². The topological polar surface area (TPSA) is 106 Å². The molecule has 0 aliphatic heterocycles. The first kappa shape index (κ1) is 18.8. The summed E-state index contributed by atoms with van der Waals surface area (Å²) in [6.07, 6.45) is 0. The standard InChI is InChI=1S/C20H18N2O4S/c1-20(2,3)13-6-4-12(5-7-13)14-9-11-17(27(24,25)26)15-8-10-16(22-21)19(23)18(14)15/h4-11H,1-3H3,(H-,23,24,25,26). The van der Waals surface area contributed by atoms with Crippen LogP contribution >= 0.6 is 0 Å². The fourth-order valence-electron chi connectivity index (χ4n) is 3.07. The van der Waals surface area contributed by atoms with Gasteiger partial charge in [-0.05, 0) is 45.4 Å². The van der Waals surface area contributed by atoms with Crippen molar-refractivity contribution in [3.05, 3.63) is 59.1 Å². The van der Waals surface area contributed by atoms with E-state index in [9.17, 15) is 18.1 Å². The highest BCUT2D eigenvalue weighted by Crippen LogP contribution is 2.41. The number of nitrogens with zero attached hydrogens (tertiary/aromatic N) is 2. The molecule has 0 atom stereocenters. The van der Waals surface area contributed by atoms with E-state index in [0.717, 1.165) is 5.56 Å². The third-order valence-electron chi connectivity index (χ3n) is 4.52. The molecule has 0 heterocycles. The first-order chi connectivity index (χ1) is 12.5. The van der Waals surface area contributed by atoms with Crippen LogP contribution in [0.15, 0.2) is 53.4 Å². The van der Waals surface area contributed by atoms with E-state index in [1.165, 1.54) is 24.3 Å². The van der Waals surface area contributed by atoms with Gasteiger partial charge in [-0.1, -0.05) is 51.1 Å². The lowest BCUT2D eigenvalue weighted by molar-refractivity contribution is -0.264. The van der Waals surface area contributed by atoms with Crippen LogP contribution in [0.4, 0.5) is 5.69 Å². The monoisotopic (exact) mass is 382 g/mol.